The summed E-state index contributed by atoms with van der Waals surface area (Å²) < 4.78 is 0. The average molecular weight is 949 g/mol. The van der Waals surface area contributed by atoms with Gasteiger partial charge in [0.05, 0.1) is 0 Å². The third-order valence-electron chi connectivity index (χ3n) is 15.7. The van der Waals surface area contributed by atoms with Gasteiger partial charge in [-0.25, -0.2) is 0 Å². The number of rotatable bonds is 11. The lowest BCUT2D eigenvalue weighted by Gasteiger charge is -2.37. The third-order valence-corrected chi connectivity index (χ3v) is 15.7. The molecule has 0 radical (unpaired) electrons. The number of fused-ring (bicyclic) bond motifs is 5. The molecule has 2 nitrogen and oxygen atoms in total. The van der Waals surface area contributed by atoms with Gasteiger partial charge < -0.3 is 9.80 Å². The molecule has 2 heteroatoms. The maximum atomic E-state index is 2.55. The average Bonchev–Trinajstić information content (AvgIpc) is 3.74. The van der Waals surface area contributed by atoms with Crippen molar-refractivity contribution >= 4 is 34.1 Å². The molecule has 354 valence electrons. The molecule has 13 rings (SSSR count). The molecule has 0 aromatic heterocycles. The molecule has 1 fully saturated rings. The molecule has 2 aliphatic carbocycles. The van der Waals surface area contributed by atoms with E-state index in [-0.39, 0.29) is 5.41 Å². The van der Waals surface area contributed by atoms with Crippen LogP contribution in [0.25, 0.3) is 66.8 Å². The third kappa shape index (κ3) is 8.49. The minimum Gasteiger partial charge on any atom is -0.310 e. The Morgan fingerprint density at radius 2 is 0.486 bits per heavy atom. The number of benzene rings is 11. The van der Waals surface area contributed by atoms with Crippen LogP contribution in [0, 0.1) is 0 Å². The lowest BCUT2D eigenvalue weighted by atomic mass is 9.67. The van der Waals surface area contributed by atoms with Crippen LogP contribution in [0.1, 0.15) is 43.2 Å². The van der Waals surface area contributed by atoms with Crippen molar-refractivity contribution in [2.24, 2.45) is 0 Å². The van der Waals surface area contributed by atoms with Gasteiger partial charge in [-0.1, -0.05) is 219 Å². The number of hydrogen-bond acceptors (Lipinski definition) is 2. The number of hydrogen-bond donors (Lipinski definition) is 0. The first kappa shape index (κ1) is 44.9. The van der Waals surface area contributed by atoms with Gasteiger partial charge in [-0.3, -0.25) is 0 Å². The van der Waals surface area contributed by atoms with E-state index in [1.54, 1.807) is 0 Å². The molecule has 11 aromatic rings. The SMILES string of the molecule is c1ccc(-c2ccc(N(c3ccc(-c4ccccc4)cc3)c3ccc4c(c3)C3(CCCCC3)c3cc(N(c5ccc(-c6ccccc6)cc5)c5ccc(-c6cccc(-c7ccccc7)c6)cc5)ccc3-4)cc2)cc1. The van der Waals surface area contributed by atoms with Gasteiger partial charge in [0.25, 0.3) is 0 Å². The highest BCUT2D eigenvalue weighted by molar-refractivity contribution is 5.90. The predicted molar refractivity (Wildman–Crippen MR) is 312 cm³/mol. The molecule has 0 atom stereocenters. The predicted octanol–water partition coefficient (Wildman–Crippen LogP) is 20.2. The van der Waals surface area contributed by atoms with Gasteiger partial charge >= 0.3 is 0 Å². The van der Waals surface area contributed by atoms with E-state index in [4.69, 9.17) is 0 Å². The monoisotopic (exact) mass is 948 g/mol. The molecule has 2 aliphatic rings. The van der Waals surface area contributed by atoms with Gasteiger partial charge in [-0.2, -0.15) is 0 Å². The second-order valence-electron chi connectivity index (χ2n) is 20.0. The minimum atomic E-state index is -0.106. The summed E-state index contributed by atoms with van der Waals surface area (Å²) >= 11 is 0. The summed E-state index contributed by atoms with van der Waals surface area (Å²) in [5.74, 6) is 0. The fourth-order valence-electron chi connectivity index (χ4n) is 12.0. The Labute approximate surface area is 436 Å². The van der Waals surface area contributed by atoms with Crippen LogP contribution in [-0.2, 0) is 5.41 Å². The Morgan fingerprint density at radius 3 is 0.824 bits per heavy atom. The summed E-state index contributed by atoms with van der Waals surface area (Å²) in [6.45, 7) is 0. The normalized spacial score (nSPS) is 13.2. The van der Waals surface area contributed by atoms with Gasteiger partial charge in [0.15, 0.2) is 0 Å². The van der Waals surface area contributed by atoms with Crippen LogP contribution in [0.2, 0.25) is 0 Å². The van der Waals surface area contributed by atoms with E-state index in [0.29, 0.717) is 0 Å². The van der Waals surface area contributed by atoms with Crippen LogP contribution in [0.4, 0.5) is 34.1 Å². The molecule has 1 spiro atoms. The summed E-state index contributed by atoms with van der Waals surface area (Å²) in [4.78, 5) is 4.92. The first-order valence-electron chi connectivity index (χ1n) is 26.3. The Hall–Kier alpha value is -8.98. The van der Waals surface area contributed by atoms with E-state index < -0.39 is 0 Å². The van der Waals surface area contributed by atoms with E-state index in [1.807, 2.05) is 0 Å². The quantitative estimate of drug-likeness (QED) is 0.127. The molecule has 0 bridgehead atoms. The van der Waals surface area contributed by atoms with E-state index in [1.165, 1.54) is 109 Å². The Balaban J connectivity index is 0.904. The van der Waals surface area contributed by atoms with Crippen LogP contribution in [0.15, 0.2) is 279 Å². The van der Waals surface area contributed by atoms with Crippen LogP contribution >= 0.6 is 0 Å². The second kappa shape index (κ2) is 19.6. The lowest BCUT2D eigenvalue weighted by molar-refractivity contribution is 0.353. The molecular weight excluding hydrogens is 893 g/mol. The molecule has 11 aromatic carbocycles. The highest BCUT2D eigenvalue weighted by Crippen LogP contribution is 2.58. The van der Waals surface area contributed by atoms with Crippen LogP contribution < -0.4 is 9.80 Å². The number of nitrogens with zero attached hydrogens (tertiary/aromatic N) is 2. The minimum absolute atomic E-state index is 0.106. The molecule has 0 N–H and O–H groups in total. The van der Waals surface area contributed by atoms with Gasteiger partial charge in [0.2, 0.25) is 0 Å². The van der Waals surface area contributed by atoms with Crippen molar-refractivity contribution in [2.75, 3.05) is 9.80 Å². The van der Waals surface area contributed by atoms with Crippen molar-refractivity contribution in [3.05, 3.63) is 290 Å². The fourth-order valence-corrected chi connectivity index (χ4v) is 12.0. The Bertz CT molecular complexity index is 3610. The summed E-state index contributed by atoms with van der Waals surface area (Å²) in [7, 11) is 0. The second-order valence-corrected chi connectivity index (χ2v) is 20.0. The van der Waals surface area contributed by atoms with Crippen LogP contribution in [-0.4, -0.2) is 0 Å². The topological polar surface area (TPSA) is 6.48 Å². The molecule has 0 heterocycles. The molecular formula is C72H56N2. The highest BCUT2D eigenvalue weighted by atomic mass is 15.1. The Morgan fingerprint density at radius 1 is 0.216 bits per heavy atom. The van der Waals surface area contributed by atoms with Crippen molar-refractivity contribution < 1.29 is 0 Å². The zero-order chi connectivity index (χ0) is 49.3. The highest BCUT2D eigenvalue weighted by Gasteiger charge is 2.44. The molecule has 0 unspecified atom stereocenters. The zero-order valence-corrected chi connectivity index (χ0v) is 41.5. The lowest BCUT2D eigenvalue weighted by Crippen LogP contribution is -2.28. The van der Waals surface area contributed by atoms with Gasteiger partial charge in [-0.15, -0.1) is 0 Å². The summed E-state index contributed by atoms with van der Waals surface area (Å²) in [6, 6.07) is 103. The van der Waals surface area contributed by atoms with Gasteiger partial charge in [0, 0.05) is 39.5 Å². The Kier molecular flexibility index (Phi) is 11.9. The first-order chi connectivity index (χ1) is 36.6. The largest absolute Gasteiger partial charge is 0.310 e. The summed E-state index contributed by atoms with van der Waals surface area (Å²) in [5.41, 5.74) is 24.5. The molecule has 0 saturated heterocycles. The molecule has 0 amide bonds. The van der Waals surface area contributed by atoms with Crippen molar-refractivity contribution in [3.63, 3.8) is 0 Å². The van der Waals surface area contributed by atoms with Crippen molar-refractivity contribution in [3.8, 4) is 66.8 Å². The fraction of sp³-hybridized carbons (Fsp3) is 0.0833. The van der Waals surface area contributed by atoms with Crippen LogP contribution in [0.3, 0.4) is 0 Å². The van der Waals surface area contributed by atoms with Gasteiger partial charge in [-0.05, 0) is 170 Å². The van der Waals surface area contributed by atoms with Crippen molar-refractivity contribution in [2.45, 2.75) is 37.5 Å². The standard InChI is InChI=1S/C72H56N2/c1-6-17-52(18-7-1)56-27-35-62(36-28-56)73(63-37-29-57(30-38-63)53-19-8-2-9-20-53)66-43-45-68-69-46-44-67(51-71(69)72(70(68)50-66)47-14-5-15-48-72)74(64-39-31-58(32-40-64)54-21-10-3-11-22-54)65-41-33-59(34-42-65)61-26-16-25-60(49-61)55-23-12-4-13-24-55/h1-4,6-13,16-46,49-51H,5,14-15,47-48H2. The molecule has 74 heavy (non-hydrogen) atoms. The molecule has 1 saturated carbocycles. The number of anilines is 6. The van der Waals surface area contributed by atoms with Gasteiger partial charge in [0.1, 0.15) is 0 Å². The van der Waals surface area contributed by atoms with Crippen LogP contribution in [0.5, 0.6) is 0 Å². The van der Waals surface area contributed by atoms with E-state index in [2.05, 4.69) is 289 Å². The maximum Gasteiger partial charge on any atom is 0.0465 e. The maximum absolute atomic E-state index is 2.55. The first-order valence-corrected chi connectivity index (χ1v) is 26.3. The van der Waals surface area contributed by atoms with E-state index in [0.717, 1.165) is 35.6 Å². The van der Waals surface area contributed by atoms with Crippen molar-refractivity contribution in [1.82, 2.24) is 0 Å². The smallest absolute Gasteiger partial charge is 0.0465 e. The summed E-state index contributed by atoms with van der Waals surface area (Å²) in [5, 5.41) is 0. The van der Waals surface area contributed by atoms with E-state index >= 15 is 0 Å². The van der Waals surface area contributed by atoms with E-state index in [9.17, 15) is 0 Å². The zero-order valence-electron chi connectivity index (χ0n) is 41.5. The van der Waals surface area contributed by atoms with Crippen molar-refractivity contribution in [1.29, 1.82) is 0 Å². The summed E-state index contributed by atoms with van der Waals surface area (Å²) in [6.07, 6.45) is 5.92. The molecule has 0 aliphatic heterocycles.